The predicted molar refractivity (Wildman–Crippen MR) is 123 cm³/mol. The maximum absolute atomic E-state index is 12.5. The van der Waals surface area contributed by atoms with Crippen LogP contribution in [0.4, 0.5) is 5.69 Å². The van der Waals surface area contributed by atoms with Gasteiger partial charge in [0.15, 0.2) is 5.54 Å². The first-order valence-electron chi connectivity index (χ1n) is 9.96. The van der Waals surface area contributed by atoms with E-state index >= 15 is 0 Å². The standard InChI is InChI=1S/C24H22Cl2N2O5/c1-23(2,3)22(32)33-13-24(21(30)31)16(20-17(26)11-14(25)12-18(20)28-24)9-10-19(29)27-15-7-5-4-6-8-15/h4-12H,13H2,1-3H3,(H,27,29)(H,30,31)/p-1/b10-9+. The Hall–Kier alpha value is -3.16. The molecule has 1 amide bonds. The number of carboxylic acid groups (broad SMARTS) is 1. The van der Waals surface area contributed by atoms with Gasteiger partial charge in [-0.05, 0) is 56.7 Å². The number of para-hydroxylation sites is 1. The molecular formula is C24H21Cl2N2O5-. The number of halogens is 2. The summed E-state index contributed by atoms with van der Waals surface area (Å²) >= 11 is 12.4. The molecule has 0 saturated carbocycles. The predicted octanol–water partition coefficient (Wildman–Crippen LogP) is 2.05. The molecule has 1 aliphatic heterocycles. The second-order valence-electron chi connectivity index (χ2n) is 8.47. The van der Waals surface area contributed by atoms with Crippen LogP contribution < -0.4 is 21.0 Å². The molecule has 172 valence electrons. The summed E-state index contributed by atoms with van der Waals surface area (Å²) < 4.78 is 5.30. The van der Waals surface area contributed by atoms with Crippen LogP contribution in [0.3, 0.4) is 0 Å². The molecular weight excluding hydrogens is 467 g/mol. The van der Waals surface area contributed by atoms with Crippen molar-refractivity contribution in [2.45, 2.75) is 26.3 Å². The van der Waals surface area contributed by atoms with Gasteiger partial charge in [0.05, 0.1) is 21.8 Å². The summed E-state index contributed by atoms with van der Waals surface area (Å²) in [5.41, 5.74) is -2.38. The summed E-state index contributed by atoms with van der Waals surface area (Å²) in [7, 11) is 0. The Kier molecular flexibility index (Phi) is 6.95. The van der Waals surface area contributed by atoms with E-state index in [9.17, 15) is 19.5 Å². The number of amides is 1. The Balaban J connectivity index is 2.07. The number of benzene rings is 2. The fourth-order valence-corrected chi connectivity index (χ4v) is 3.77. The number of fused-ring (bicyclic) bond motifs is 1. The zero-order valence-electron chi connectivity index (χ0n) is 18.1. The quantitative estimate of drug-likeness (QED) is 0.495. The highest BCUT2D eigenvalue weighted by Crippen LogP contribution is 2.29. The molecule has 3 rings (SSSR count). The van der Waals surface area contributed by atoms with E-state index in [1.807, 2.05) is 0 Å². The van der Waals surface area contributed by atoms with Gasteiger partial charge < -0.3 is 20.0 Å². The van der Waals surface area contributed by atoms with Gasteiger partial charge in [-0.25, -0.2) is 0 Å². The third kappa shape index (κ3) is 5.26. The number of esters is 1. The van der Waals surface area contributed by atoms with Gasteiger partial charge in [0, 0.05) is 22.0 Å². The fraction of sp³-hybridized carbons (Fsp3) is 0.250. The fourth-order valence-electron chi connectivity index (χ4n) is 3.18. The lowest BCUT2D eigenvalue weighted by Gasteiger charge is -2.30. The van der Waals surface area contributed by atoms with Gasteiger partial charge in [0.25, 0.3) is 0 Å². The Morgan fingerprint density at radius 1 is 1.15 bits per heavy atom. The summed E-state index contributed by atoms with van der Waals surface area (Å²) in [6.45, 7) is 4.26. The minimum atomic E-state index is -2.11. The van der Waals surface area contributed by atoms with Crippen LogP contribution in [-0.4, -0.2) is 30.0 Å². The minimum absolute atomic E-state index is 0.0455. The molecule has 2 aromatic carbocycles. The first-order valence-corrected chi connectivity index (χ1v) is 10.7. The minimum Gasteiger partial charge on any atom is -0.547 e. The Morgan fingerprint density at radius 2 is 1.82 bits per heavy atom. The average Bonchev–Trinajstić information content (AvgIpc) is 3.05. The van der Waals surface area contributed by atoms with Crippen LogP contribution in [0.15, 0.2) is 59.6 Å². The number of anilines is 1. The van der Waals surface area contributed by atoms with Gasteiger partial charge in [-0.15, -0.1) is 0 Å². The van der Waals surface area contributed by atoms with Gasteiger partial charge in [0.1, 0.15) is 6.61 Å². The molecule has 0 spiro atoms. The van der Waals surface area contributed by atoms with Crippen molar-refractivity contribution in [1.29, 1.82) is 0 Å². The van der Waals surface area contributed by atoms with Crippen LogP contribution >= 0.6 is 23.2 Å². The monoisotopic (exact) mass is 487 g/mol. The number of hydrogen-bond donors (Lipinski definition) is 1. The molecule has 0 aromatic heterocycles. The first-order chi connectivity index (χ1) is 15.4. The third-order valence-electron chi connectivity index (χ3n) is 4.87. The molecule has 1 heterocycles. The van der Waals surface area contributed by atoms with Crippen molar-refractivity contribution < 1.29 is 24.2 Å². The van der Waals surface area contributed by atoms with E-state index in [-0.39, 0.29) is 26.2 Å². The summed E-state index contributed by atoms with van der Waals surface area (Å²) in [4.78, 5) is 41.4. The lowest BCUT2D eigenvalue weighted by Crippen LogP contribution is -2.51. The zero-order chi connectivity index (χ0) is 24.4. The summed E-state index contributed by atoms with van der Waals surface area (Å²) in [6.07, 6.45) is 2.44. The van der Waals surface area contributed by atoms with Crippen LogP contribution in [0.5, 0.6) is 0 Å². The van der Waals surface area contributed by atoms with Crippen LogP contribution in [0.1, 0.15) is 20.8 Å². The molecule has 1 atom stereocenters. The van der Waals surface area contributed by atoms with Crippen LogP contribution in [-0.2, 0) is 19.1 Å². The maximum atomic E-state index is 12.5. The molecule has 0 aliphatic carbocycles. The van der Waals surface area contributed by atoms with E-state index < -0.39 is 35.4 Å². The highest BCUT2D eigenvalue weighted by atomic mass is 35.5. The summed E-state index contributed by atoms with van der Waals surface area (Å²) in [5.74, 6) is -2.74. The lowest BCUT2D eigenvalue weighted by molar-refractivity contribution is -0.311. The highest BCUT2D eigenvalue weighted by molar-refractivity contribution is 6.34. The molecule has 1 N–H and O–H groups in total. The number of aliphatic carboxylic acids is 1. The summed E-state index contributed by atoms with van der Waals surface area (Å²) in [5, 5.41) is 15.9. The normalized spacial score (nSPS) is 17.4. The largest absolute Gasteiger partial charge is 0.547 e. The molecule has 7 nitrogen and oxygen atoms in total. The Labute approximate surface area is 200 Å². The zero-order valence-corrected chi connectivity index (χ0v) is 19.7. The van der Waals surface area contributed by atoms with Gasteiger partial charge >= 0.3 is 5.97 Å². The van der Waals surface area contributed by atoms with Crippen LogP contribution in [0, 0.1) is 5.41 Å². The van der Waals surface area contributed by atoms with Gasteiger partial charge in [-0.2, -0.15) is 0 Å². The molecule has 33 heavy (non-hydrogen) atoms. The number of rotatable bonds is 6. The lowest BCUT2D eigenvalue weighted by atomic mass is 9.90. The second-order valence-corrected chi connectivity index (χ2v) is 9.31. The Morgan fingerprint density at radius 3 is 2.42 bits per heavy atom. The van der Waals surface area contributed by atoms with E-state index in [2.05, 4.69) is 10.3 Å². The van der Waals surface area contributed by atoms with Crippen molar-refractivity contribution in [3.8, 4) is 0 Å². The van der Waals surface area contributed by atoms with Gasteiger partial charge in [-0.1, -0.05) is 41.4 Å². The van der Waals surface area contributed by atoms with E-state index in [0.717, 1.165) is 6.08 Å². The van der Waals surface area contributed by atoms with Crippen molar-refractivity contribution in [2.75, 3.05) is 11.9 Å². The molecule has 0 radical (unpaired) electrons. The van der Waals surface area contributed by atoms with E-state index in [1.165, 1.54) is 18.2 Å². The number of carboxylic acids is 1. The van der Waals surface area contributed by atoms with E-state index in [4.69, 9.17) is 27.9 Å². The van der Waals surface area contributed by atoms with Crippen molar-refractivity contribution in [2.24, 2.45) is 10.4 Å². The molecule has 1 aliphatic rings. The second kappa shape index (κ2) is 9.37. The molecule has 2 aromatic rings. The number of carbonyl (C=O) groups excluding carboxylic acids is 3. The SMILES string of the molecule is CC(C)(C)C(=O)OCC1(C(=O)[O-])N=c2cc(Cl)cc(Cl)c2=C1/C=C/C(=O)Nc1ccccc1. The third-order valence-corrected chi connectivity index (χ3v) is 5.38. The van der Waals surface area contributed by atoms with Gasteiger partial charge in [-0.3, -0.25) is 14.6 Å². The van der Waals surface area contributed by atoms with Crippen LogP contribution in [0.25, 0.3) is 5.57 Å². The van der Waals surface area contributed by atoms with Crippen molar-refractivity contribution >= 4 is 52.3 Å². The number of nitrogens with one attached hydrogen (secondary N) is 1. The smallest absolute Gasteiger partial charge is 0.311 e. The molecule has 9 heteroatoms. The van der Waals surface area contributed by atoms with Crippen LogP contribution in [0.2, 0.25) is 10.0 Å². The number of ether oxygens (including phenoxy) is 1. The average molecular weight is 488 g/mol. The highest BCUT2D eigenvalue weighted by Gasteiger charge is 2.41. The molecule has 1 unspecified atom stereocenters. The Bertz CT molecular complexity index is 1270. The van der Waals surface area contributed by atoms with E-state index in [0.29, 0.717) is 5.69 Å². The van der Waals surface area contributed by atoms with E-state index in [1.54, 1.807) is 51.1 Å². The molecule has 0 fully saturated rings. The first kappa shape index (κ1) is 24.5. The number of nitrogens with zero attached hydrogens (tertiary/aromatic N) is 1. The van der Waals surface area contributed by atoms with Crippen molar-refractivity contribution in [3.05, 3.63) is 75.2 Å². The van der Waals surface area contributed by atoms with Crippen molar-refractivity contribution in [3.63, 3.8) is 0 Å². The number of carbonyl (C=O) groups is 3. The molecule has 0 saturated heterocycles. The topological polar surface area (TPSA) is 108 Å². The molecule has 0 bridgehead atoms. The van der Waals surface area contributed by atoms with Gasteiger partial charge in [0.2, 0.25) is 5.91 Å². The number of hydrogen-bond acceptors (Lipinski definition) is 6. The maximum Gasteiger partial charge on any atom is 0.311 e. The summed E-state index contributed by atoms with van der Waals surface area (Å²) in [6, 6.07) is 11.6. The van der Waals surface area contributed by atoms with Crippen molar-refractivity contribution in [1.82, 2.24) is 0 Å².